The van der Waals surface area contributed by atoms with Gasteiger partial charge in [-0.05, 0) is 31.0 Å². The summed E-state index contributed by atoms with van der Waals surface area (Å²) in [7, 11) is 0. The largest absolute Gasteiger partial charge is 0.493 e. The van der Waals surface area contributed by atoms with Crippen LogP contribution in [0, 0.1) is 0 Å². The maximum absolute atomic E-state index is 12.7. The molecule has 0 fully saturated rings. The number of carbonyl (C=O) groups excluding carboxylic acids is 1. The summed E-state index contributed by atoms with van der Waals surface area (Å²) in [5.41, 5.74) is -0.952. The highest BCUT2D eigenvalue weighted by molar-refractivity contribution is 5.75. The first kappa shape index (κ1) is 14.3. The average Bonchev–Trinajstić information content (AvgIpc) is 2.33. The van der Waals surface area contributed by atoms with Crippen molar-refractivity contribution in [3.63, 3.8) is 0 Å². The molecule has 0 bridgehead atoms. The maximum atomic E-state index is 12.7. The van der Waals surface area contributed by atoms with E-state index in [1.165, 1.54) is 12.1 Å². The summed E-state index contributed by atoms with van der Waals surface area (Å²) < 4.78 is 43.3. The number of alkyl halides is 3. The van der Waals surface area contributed by atoms with Gasteiger partial charge in [0.05, 0.1) is 12.2 Å². The zero-order valence-corrected chi connectivity index (χ0v) is 9.67. The van der Waals surface area contributed by atoms with Gasteiger partial charge < -0.3 is 4.74 Å². The summed E-state index contributed by atoms with van der Waals surface area (Å²) in [6.45, 7) is 3.69. The molecule has 0 unspecified atom stereocenters. The molecule has 0 saturated carbocycles. The molecular formula is C13H13F3O2. The molecule has 0 atom stereocenters. The van der Waals surface area contributed by atoms with Crippen molar-refractivity contribution in [1.29, 1.82) is 0 Å². The van der Waals surface area contributed by atoms with E-state index in [1.807, 2.05) is 0 Å². The minimum Gasteiger partial charge on any atom is -0.493 e. The number of rotatable bonds is 6. The lowest BCUT2D eigenvalue weighted by Gasteiger charge is -2.14. The Hall–Kier alpha value is -1.78. The summed E-state index contributed by atoms with van der Waals surface area (Å²) in [6.07, 6.45) is -1.23. The first-order valence-corrected chi connectivity index (χ1v) is 5.39. The van der Waals surface area contributed by atoms with Gasteiger partial charge in [0.15, 0.2) is 0 Å². The number of aldehydes is 1. The SMILES string of the molecule is C=CCCCOc1ccc(C=O)cc1C(F)(F)F. The van der Waals surface area contributed by atoms with Crippen LogP contribution in [0.2, 0.25) is 0 Å². The normalized spacial score (nSPS) is 11.1. The molecule has 0 radical (unpaired) electrons. The number of ether oxygens (including phenoxy) is 1. The maximum Gasteiger partial charge on any atom is 0.419 e. The molecule has 0 N–H and O–H groups in total. The van der Waals surface area contributed by atoms with E-state index in [9.17, 15) is 18.0 Å². The summed E-state index contributed by atoms with van der Waals surface area (Å²) in [4.78, 5) is 10.5. The molecule has 0 aliphatic rings. The Balaban J connectivity index is 2.89. The van der Waals surface area contributed by atoms with Crippen molar-refractivity contribution >= 4 is 6.29 Å². The molecule has 18 heavy (non-hydrogen) atoms. The molecule has 98 valence electrons. The highest BCUT2D eigenvalue weighted by atomic mass is 19.4. The summed E-state index contributed by atoms with van der Waals surface area (Å²) in [5.74, 6) is -0.253. The van der Waals surface area contributed by atoms with E-state index in [4.69, 9.17) is 4.74 Å². The van der Waals surface area contributed by atoms with Gasteiger partial charge in [-0.1, -0.05) is 6.08 Å². The van der Waals surface area contributed by atoms with Crippen LogP contribution in [0.4, 0.5) is 13.2 Å². The molecule has 1 rings (SSSR count). The Labute approximate surface area is 103 Å². The molecule has 0 aliphatic heterocycles. The lowest BCUT2D eigenvalue weighted by molar-refractivity contribution is -0.139. The molecule has 0 aromatic heterocycles. The smallest absolute Gasteiger partial charge is 0.419 e. The van der Waals surface area contributed by atoms with Crippen molar-refractivity contribution in [2.24, 2.45) is 0 Å². The fourth-order valence-electron chi connectivity index (χ4n) is 1.38. The Kier molecular flexibility index (Phi) is 4.95. The number of halogens is 3. The standard InChI is InChI=1S/C13H13F3O2/c1-2-3-4-7-18-12-6-5-10(9-17)8-11(12)13(14,15)16/h2,5-6,8-9H,1,3-4,7H2. The van der Waals surface area contributed by atoms with Gasteiger partial charge in [-0.2, -0.15) is 13.2 Å². The van der Waals surface area contributed by atoms with Gasteiger partial charge in [0.2, 0.25) is 0 Å². The topological polar surface area (TPSA) is 26.3 Å². The monoisotopic (exact) mass is 258 g/mol. The molecule has 1 aromatic rings. The minimum absolute atomic E-state index is 0.0271. The number of allylic oxidation sites excluding steroid dienone is 1. The lowest BCUT2D eigenvalue weighted by atomic mass is 10.1. The zero-order valence-electron chi connectivity index (χ0n) is 9.67. The number of carbonyl (C=O) groups is 1. The van der Waals surface area contributed by atoms with Gasteiger partial charge in [-0.25, -0.2) is 0 Å². The second-order valence-corrected chi connectivity index (χ2v) is 3.65. The third kappa shape index (κ3) is 3.91. The van der Waals surface area contributed by atoms with Crippen molar-refractivity contribution in [2.75, 3.05) is 6.61 Å². The third-order valence-corrected chi connectivity index (χ3v) is 2.26. The first-order valence-electron chi connectivity index (χ1n) is 5.39. The van der Waals surface area contributed by atoms with E-state index in [1.54, 1.807) is 6.08 Å². The van der Waals surface area contributed by atoms with Gasteiger partial charge in [0.25, 0.3) is 0 Å². The molecule has 1 aromatic carbocycles. The van der Waals surface area contributed by atoms with Crippen LogP contribution in [0.1, 0.15) is 28.8 Å². The van der Waals surface area contributed by atoms with E-state index < -0.39 is 11.7 Å². The average molecular weight is 258 g/mol. The van der Waals surface area contributed by atoms with Crippen molar-refractivity contribution in [2.45, 2.75) is 19.0 Å². The van der Waals surface area contributed by atoms with Gasteiger partial charge >= 0.3 is 6.18 Å². The summed E-state index contributed by atoms with van der Waals surface area (Å²) >= 11 is 0. The molecule has 2 nitrogen and oxygen atoms in total. The quantitative estimate of drug-likeness (QED) is 0.440. The number of hydrogen-bond donors (Lipinski definition) is 0. The van der Waals surface area contributed by atoms with Gasteiger partial charge in [-0.3, -0.25) is 4.79 Å². The number of benzene rings is 1. The first-order chi connectivity index (χ1) is 8.49. The van der Waals surface area contributed by atoms with Crippen molar-refractivity contribution in [3.8, 4) is 5.75 Å². The van der Waals surface area contributed by atoms with Crippen LogP contribution in [-0.4, -0.2) is 12.9 Å². The van der Waals surface area contributed by atoms with E-state index in [0.717, 1.165) is 6.07 Å². The van der Waals surface area contributed by atoms with Crippen LogP contribution in [0.25, 0.3) is 0 Å². The van der Waals surface area contributed by atoms with Crippen LogP contribution in [0.3, 0.4) is 0 Å². The van der Waals surface area contributed by atoms with Crippen LogP contribution in [-0.2, 0) is 6.18 Å². The van der Waals surface area contributed by atoms with Gasteiger partial charge in [-0.15, -0.1) is 6.58 Å². The number of unbranched alkanes of at least 4 members (excludes halogenated alkanes) is 1. The second kappa shape index (κ2) is 6.23. The van der Waals surface area contributed by atoms with Crippen molar-refractivity contribution in [1.82, 2.24) is 0 Å². The van der Waals surface area contributed by atoms with E-state index in [-0.39, 0.29) is 17.9 Å². The molecule has 0 saturated heterocycles. The molecule has 0 spiro atoms. The number of hydrogen-bond acceptors (Lipinski definition) is 2. The lowest BCUT2D eigenvalue weighted by Crippen LogP contribution is -2.10. The Bertz CT molecular complexity index is 425. The highest BCUT2D eigenvalue weighted by Crippen LogP contribution is 2.36. The minimum atomic E-state index is -4.53. The molecule has 0 aliphatic carbocycles. The van der Waals surface area contributed by atoms with Gasteiger partial charge in [0, 0.05) is 5.56 Å². The van der Waals surface area contributed by atoms with Crippen LogP contribution >= 0.6 is 0 Å². The van der Waals surface area contributed by atoms with Gasteiger partial charge in [0.1, 0.15) is 12.0 Å². The highest BCUT2D eigenvalue weighted by Gasteiger charge is 2.34. The van der Waals surface area contributed by atoms with E-state index in [2.05, 4.69) is 6.58 Å². The Morgan fingerprint density at radius 2 is 2.06 bits per heavy atom. The predicted octanol–water partition coefficient (Wildman–Crippen LogP) is 3.86. The fourth-order valence-corrected chi connectivity index (χ4v) is 1.38. The van der Waals surface area contributed by atoms with E-state index >= 15 is 0 Å². The molecule has 0 amide bonds. The predicted molar refractivity (Wildman–Crippen MR) is 61.8 cm³/mol. The van der Waals surface area contributed by atoms with Crippen molar-refractivity contribution in [3.05, 3.63) is 42.0 Å². The van der Waals surface area contributed by atoms with Crippen LogP contribution in [0.15, 0.2) is 30.9 Å². The molecular weight excluding hydrogens is 245 g/mol. The van der Waals surface area contributed by atoms with Crippen molar-refractivity contribution < 1.29 is 22.7 Å². The third-order valence-electron chi connectivity index (χ3n) is 2.26. The summed E-state index contributed by atoms with van der Waals surface area (Å²) in [5, 5.41) is 0. The fraction of sp³-hybridized carbons (Fsp3) is 0.308. The molecule has 5 heteroatoms. The second-order valence-electron chi connectivity index (χ2n) is 3.65. The zero-order chi connectivity index (χ0) is 13.6. The van der Waals surface area contributed by atoms with E-state index in [0.29, 0.717) is 19.1 Å². The van der Waals surface area contributed by atoms with Crippen LogP contribution < -0.4 is 4.74 Å². The molecule has 0 heterocycles. The summed E-state index contributed by atoms with van der Waals surface area (Å²) in [6, 6.07) is 3.25. The van der Waals surface area contributed by atoms with Crippen LogP contribution in [0.5, 0.6) is 5.75 Å². The Morgan fingerprint density at radius 1 is 1.33 bits per heavy atom. The Morgan fingerprint density at radius 3 is 2.61 bits per heavy atom.